The first-order valence-electron chi connectivity index (χ1n) is 6.71. The van der Waals surface area contributed by atoms with Crippen LogP contribution in [0.25, 0.3) is 0 Å². The van der Waals surface area contributed by atoms with Crippen molar-refractivity contribution in [2.45, 2.75) is 25.7 Å². The average Bonchev–Trinajstić information content (AvgIpc) is 2.43. The molecule has 1 unspecified atom stereocenters. The number of anilines is 1. The van der Waals surface area contributed by atoms with E-state index >= 15 is 0 Å². The third kappa shape index (κ3) is 4.33. The van der Waals surface area contributed by atoms with E-state index in [0.29, 0.717) is 18.0 Å². The van der Waals surface area contributed by atoms with Crippen molar-refractivity contribution in [3.8, 4) is 0 Å². The van der Waals surface area contributed by atoms with Gasteiger partial charge >= 0.3 is 0 Å². The lowest BCUT2D eigenvalue weighted by molar-refractivity contribution is -0.116. The third-order valence-electron chi connectivity index (χ3n) is 3.45. The predicted octanol–water partition coefficient (Wildman–Crippen LogP) is 3.85. The van der Waals surface area contributed by atoms with Crippen LogP contribution in [0.1, 0.15) is 25.7 Å². The summed E-state index contributed by atoms with van der Waals surface area (Å²) in [6.45, 7) is 2.04. The minimum atomic E-state index is -0.667. The van der Waals surface area contributed by atoms with E-state index in [2.05, 4.69) is 10.6 Å². The maximum Gasteiger partial charge on any atom is 0.224 e. The number of amides is 1. The second kappa shape index (κ2) is 7.25. The SMILES string of the molecule is O=C(CCC1CCCNC1)Nc1cc(Cl)c(F)c(Cl)c1. The maximum atomic E-state index is 13.3. The van der Waals surface area contributed by atoms with Crippen LogP contribution in [-0.2, 0) is 4.79 Å². The van der Waals surface area contributed by atoms with Crippen LogP contribution < -0.4 is 10.6 Å². The molecule has 2 N–H and O–H groups in total. The number of hydrogen-bond acceptors (Lipinski definition) is 2. The van der Waals surface area contributed by atoms with Crippen LogP contribution in [0.3, 0.4) is 0 Å². The van der Waals surface area contributed by atoms with Crippen LogP contribution in [0.4, 0.5) is 10.1 Å². The van der Waals surface area contributed by atoms with Crippen molar-refractivity contribution < 1.29 is 9.18 Å². The zero-order valence-electron chi connectivity index (χ0n) is 11.0. The fourth-order valence-corrected chi connectivity index (χ4v) is 2.84. The van der Waals surface area contributed by atoms with Crippen LogP contribution >= 0.6 is 23.2 Å². The molecule has 0 radical (unpaired) electrons. The first kappa shape index (κ1) is 15.5. The summed E-state index contributed by atoms with van der Waals surface area (Å²) < 4.78 is 13.3. The second-order valence-electron chi connectivity index (χ2n) is 5.05. The van der Waals surface area contributed by atoms with Crippen molar-refractivity contribution in [3.05, 3.63) is 28.0 Å². The lowest BCUT2D eigenvalue weighted by atomic mass is 9.94. The Balaban J connectivity index is 1.84. The van der Waals surface area contributed by atoms with Gasteiger partial charge < -0.3 is 10.6 Å². The van der Waals surface area contributed by atoms with Crippen LogP contribution in [0.5, 0.6) is 0 Å². The Bertz CT molecular complexity index is 467. The van der Waals surface area contributed by atoms with Gasteiger partial charge in [0.25, 0.3) is 0 Å². The smallest absolute Gasteiger partial charge is 0.224 e. The number of nitrogens with one attached hydrogen (secondary N) is 2. The molecule has 1 atom stereocenters. The molecule has 6 heteroatoms. The topological polar surface area (TPSA) is 41.1 Å². The first-order valence-corrected chi connectivity index (χ1v) is 7.47. The lowest BCUT2D eigenvalue weighted by Gasteiger charge is -2.22. The number of hydrogen-bond donors (Lipinski definition) is 2. The Kier molecular flexibility index (Phi) is 5.64. The first-order chi connectivity index (χ1) is 9.56. The van der Waals surface area contributed by atoms with Gasteiger partial charge in [0.15, 0.2) is 5.82 Å². The fraction of sp³-hybridized carbons (Fsp3) is 0.500. The van der Waals surface area contributed by atoms with Crippen molar-refractivity contribution >= 4 is 34.8 Å². The summed E-state index contributed by atoms with van der Waals surface area (Å²) in [6, 6.07) is 2.73. The van der Waals surface area contributed by atoms with E-state index in [4.69, 9.17) is 23.2 Å². The number of benzene rings is 1. The zero-order valence-corrected chi connectivity index (χ0v) is 12.5. The molecule has 0 aromatic heterocycles. The molecule has 1 aliphatic rings. The molecule has 0 spiro atoms. The minimum Gasteiger partial charge on any atom is -0.326 e. The summed E-state index contributed by atoms with van der Waals surface area (Å²) >= 11 is 11.4. The van der Waals surface area contributed by atoms with E-state index < -0.39 is 5.82 Å². The molecule has 0 bridgehead atoms. The van der Waals surface area contributed by atoms with Crippen molar-refractivity contribution in [1.29, 1.82) is 0 Å². The van der Waals surface area contributed by atoms with E-state index in [1.165, 1.54) is 12.1 Å². The fourth-order valence-electron chi connectivity index (χ4n) is 2.36. The number of rotatable bonds is 4. The molecule has 3 nitrogen and oxygen atoms in total. The van der Waals surface area contributed by atoms with Crippen LogP contribution in [0, 0.1) is 11.7 Å². The largest absolute Gasteiger partial charge is 0.326 e. The maximum absolute atomic E-state index is 13.3. The quantitative estimate of drug-likeness (QED) is 0.828. The Morgan fingerprint density at radius 2 is 2.10 bits per heavy atom. The van der Waals surface area contributed by atoms with Gasteiger partial charge in [0, 0.05) is 12.1 Å². The second-order valence-corrected chi connectivity index (χ2v) is 5.87. The molecule has 1 amide bonds. The van der Waals surface area contributed by atoms with Gasteiger partial charge in [-0.05, 0) is 50.4 Å². The summed E-state index contributed by atoms with van der Waals surface area (Å²) in [5, 5.41) is 5.83. The van der Waals surface area contributed by atoms with Gasteiger partial charge in [-0.25, -0.2) is 4.39 Å². The Morgan fingerprint density at radius 1 is 1.40 bits per heavy atom. The van der Waals surface area contributed by atoms with E-state index in [0.717, 1.165) is 32.4 Å². The molecule has 1 aromatic carbocycles. The molecular formula is C14H17Cl2FN2O. The normalized spacial score (nSPS) is 18.9. The summed E-state index contributed by atoms with van der Waals surface area (Å²) in [5.41, 5.74) is 0.424. The van der Waals surface area contributed by atoms with Crippen molar-refractivity contribution in [2.75, 3.05) is 18.4 Å². The van der Waals surface area contributed by atoms with Gasteiger partial charge in [-0.3, -0.25) is 4.79 Å². The van der Waals surface area contributed by atoms with Crippen molar-refractivity contribution in [1.82, 2.24) is 5.32 Å². The van der Waals surface area contributed by atoms with Gasteiger partial charge in [-0.2, -0.15) is 0 Å². The van der Waals surface area contributed by atoms with E-state index in [1.54, 1.807) is 0 Å². The molecule has 1 heterocycles. The summed E-state index contributed by atoms with van der Waals surface area (Å²) in [6.07, 6.45) is 3.62. The number of halogens is 3. The molecule has 2 rings (SSSR count). The zero-order chi connectivity index (χ0) is 14.5. The molecular weight excluding hydrogens is 302 g/mol. The highest BCUT2D eigenvalue weighted by molar-refractivity contribution is 6.35. The highest BCUT2D eigenvalue weighted by atomic mass is 35.5. The molecule has 110 valence electrons. The molecule has 0 saturated carbocycles. The third-order valence-corrected chi connectivity index (χ3v) is 4.00. The average molecular weight is 319 g/mol. The molecule has 0 aliphatic carbocycles. The molecule has 20 heavy (non-hydrogen) atoms. The van der Waals surface area contributed by atoms with Gasteiger partial charge in [0.1, 0.15) is 0 Å². The van der Waals surface area contributed by atoms with Crippen LogP contribution in [-0.4, -0.2) is 19.0 Å². The van der Waals surface area contributed by atoms with Gasteiger partial charge in [-0.15, -0.1) is 0 Å². The van der Waals surface area contributed by atoms with Gasteiger partial charge in [-0.1, -0.05) is 23.2 Å². The van der Waals surface area contributed by atoms with E-state index in [-0.39, 0.29) is 16.0 Å². The Morgan fingerprint density at radius 3 is 2.70 bits per heavy atom. The van der Waals surface area contributed by atoms with Crippen LogP contribution in [0.15, 0.2) is 12.1 Å². The lowest BCUT2D eigenvalue weighted by Crippen LogP contribution is -2.30. The summed E-state index contributed by atoms with van der Waals surface area (Å²) in [4.78, 5) is 11.9. The predicted molar refractivity (Wildman–Crippen MR) is 79.9 cm³/mol. The van der Waals surface area contributed by atoms with E-state index in [9.17, 15) is 9.18 Å². The Hall–Kier alpha value is -0.840. The minimum absolute atomic E-state index is 0.0933. The van der Waals surface area contributed by atoms with E-state index in [1.807, 2.05) is 0 Å². The number of carbonyl (C=O) groups excluding carboxylic acids is 1. The monoisotopic (exact) mass is 318 g/mol. The van der Waals surface area contributed by atoms with Crippen molar-refractivity contribution in [3.63, 3.8) is 0 Å². The van der Waals surface area contributed by atoms with Gasteiger partial charge in [0.05, 0.1) is 10.0 Å². The Labute approximate surface area is 127 Å². The molecule has 1 aliphatic heterocycles. The number of carbonyl (C=O) groups is 1. The highest BCUT2D eigenvalue weighted by Gasteiger charge is 2.15. The molecule has 1 fully saturated rings. The summed E-state index contributed by atoms with van der Waals surface area (Å²) in [5.74, 6) is -0.219. The van der Waals surface area contributed by atoms with Crippen LogP contribution in [0.2, 0.25) is 10.0 Å². The molecule has 1 saturated heterocycles. The van der Waals surface area contributed by atoms with Gasteiger partial charge in [0.2, 0.25) is 5.91 Å². The van der Waals surface area contributed by atoms with Crippen molar-refractivity contribution in [2.24, 2.45) is 5.92 Å². The summed E-state index contributed by atoms with van der Waals surface area (Å²) in [7, 11) is 0. The highest BCUT2D eigenvalue weighted by Crippen LogP contribution is 2.27. The molecule has 1 aromatic rings. The standard InChI is InChI=1S/C14H17Cl2FN2O/c15-11-6-10(7-12(16)14(11)17)19-13(20)4-3-9-2-1-5-18-8-9/h6-7,9,18H,1-5,8H2,(H,19,20). The number of piperidine rings is 1.